The molecule has 0 aromatic carbocycles. The number of anilines is 1. The zero-order chi connectivity index (χ0) is 17.3. The molecule has 1 aromatic heterocycles. The molecular formula is C18H28N6O. The Balaban J connectivity index is 1.24. The molecule has 1 aliphatic carbocycles. The number of nitrogens with zero attached hydrogens (tertiary/aromatic N) is 4. The minimum Gasteiger partial charge on any atom is -0.388 e. The number of nitrogens with one attached hydrogen (secondary N) is 2. The Hall–Kier alpha value is -1.89. The molecule has 2 saturated heterocycles. The molecule has 0 amide bonds. The van der Waals surface area contributed by atoms with Gasteiger partial charge in [-0.05, 0) is 51.3 Å². The Bertz CT molecular complexity index is 627. The topological polar surface area (TPSA) is 81.3 Å². The van der Waals surface area contributed by atoms with Gasteiger partial charge in [0.05, 0.1) is 0 Å². The van der Waals surface area contributed by atoms with Gasteiger partial charge in [-0.3, -0.25) is 0 Å². The van der Waals surface area contributed by atoms with Crippen LogP contribution in [-0.2, 0) is 0 Å². The normalized spacial score (nSPS) is 27.1. The van der Waals surface area contributed by atoms with E-state index in [0.29, 0.717) is 23.3 Å². The van der Waals surface area contributed by atoms with Crippen LogP contribution in [0.5, 0.6) is 0 Å². The average molecular weight is 344 g/mol. The third kappa shape index (κ3) is 3.42. The highest BCUT2D eigenvalue weighted by Crippen LogP contribution is 2.48. The van der Waals surface area contributed by atoms with Gasteiger partial charge in [0.25, 0.3) is 0 Å². The highest BCUT2D eigenvalue weighted by atomic mass is 16.5. The van der Waals surface area contributed by atoms with Crippen LogP contribution in [0.15, 0.2) is 16.8 Å². The number of allylic oxidation sites excluding steroid dienone is 1. The van der Waals surface area contributed by atoms with Crippen LogP contribution in [0.1, 0.15) is 37.9 Å². The van der Waals surface area contributed by atoms with Crippen molar-refractivity contribution >= 4 is 12.2 Å². The molecule has 1 spiro atoms. The second kappa shape index (κ2) is 6.78. The number of aryl methyl sites for hydroxylation is 1. The lowest BCUT2D eigenvalue weighted by Gasteiger charge is -2.48. The van der Waals surface area contributed by atoms with Gasteiger partial charge in [-0.1, -0.05) is 5.16 Å². The Morgan fingerprint density at radius 1 is 1.28 bits per heavy atom. The molecule has 2 aliphatic heterocycles. The summed E-state index contributed by atoms with van der Waals surface area (Å²) in [6.07, 6.45) is 11.3. The number of aromatic nitrogens is 2. The van der Waals surface area contributed by atoms with Gasteiger partial charge in [0.1, 0.15) is 0 Å². The number of likely N-dealkylation sites (tertiary alicyclic amines) is 1. The van der Waals surface area contributed by atoms with E-state index in [1.807, 2.05) is 13.1 Å². The van der Waals surface area contributed by atoms with E-state index in [0.717, 1.165) is 19.1 Å². The van der Waals surface area contributed by atoms with E-state index in [-0.39, 0.29) is 0 Å². The van der Waals surface area contributed by atoms with Gasteiger partial charge < -0.3 is 25.0 Å². The molecule has 25 heavy (non-hydrogen) atoms. The monoisotopic (exact) mass is 344 g/mol. The van der Waals surface area contributed by atoms with E-state index in [1.54, 1.807) is 6.08 Å². The van der Waals surface area contributed by atoms with Gasteiger partial charge in [0.15, 0.2) is 5.82 Å². The van der Waals surface area contributed by atoms with E-state index in [2.05, 4.69) is 25.3 Å². The van der Waals surface area contributed by atoms with Gasteiger partial charge >= 0.3 is 6.01 Å². The third-order valence-electron chi connectivity index (χ3n) is 6.09. The highest BCUT2D eigenvalue weighted by molar-refractivity contribution is 5.67. The molecule has 0 bridgehead atoms. The molecule has 0 radical (unpaired) electrons. The predicted octanol–water partition coefficient (Wildman–Crippen LogP) is 1.95. The van der Waals surface area contributed by atoms with Crippen molar-refractivity contribution in [1.82, 2.24) is 20.4 Å². The van der Waals surface area contributed by atoms with Crippen LogP contribution in [0, 0.1) is 17.7 Å². The Labute approximate surface area is 149 Å². The number of piperidine rings is 1. The molecule has 7 nitrogen and oxygen atoms in total. The van der Waals surface area contributed by atoms with Crippen molar-refractivity contribution in [3.8, 4) is 0 Å². The zero-order valence-corrected chi connectivity index (χ0v) is 14.9. The fourth-order valence-corrected chi connectivity index (χ4v) is 4.76. The largest absolute Gasteiger partial charge is 0.388 e. The van der Waals surface area contributed by atoms with Crippen LogP contribution in [0.2, 0.25) is 0 Å². The summed E-state index contributed by atoms with van der Waals surface area (Å²) in [6, 6.07) is 1.99. The maximum absolute atomic E-state index is 7.02. The van der Waals surface area contributed by atoms with Gasteiger partial charge in [-0.2, -0.15) is 4.98 Å². The molecule has 1 saturated carbocycles. The fourth-order valence-electron chi connectivity index (χ4n) is 4.76. The Morgan fingerprint density at radius 2 is 2.08 bits per heavy atom. The molecule has 1 aromatic rings. The van der Waals surface area contributed by atoms with Crippen molar-refractivity contribution in [2.75, 3.05) is 31.1 Å². The molecule has 136 valence electrons. The zero-order valence-electron chi connectivity index (χ0n) is 14.9. The van der Waals surface area contributed by atoms with Crippen molar-refractivity contribution in [1.29, 1.82) is 5.41 Å². The smallest absolute Gasteiger partial charge is 0.324 e. The Kier molecular flexibility index (Phi) is 4.50. The van der Waals surface area contributed by atoms with Crippen LogP contribution in [0.3, 0.4) is 0 Å². The maximum Gasteiger partial charge on any atom is 0.324 e. The quantitative estimate of drug-likeness (QED) is 0.795. The first-order valence-electron chi connectivity index (χ1n) is 9.38. The van der Waals surface area contributed by atoms with Crippen molar-refractivity contribution < 1.29 is 4.52 Å². The molecular weight excluding hydrogens is 316 g/mol. The summed E-state index contributed by atoms with van der Waals surface area (Å²) in [7, 11) is 0. The van der Waals surface area contributed by atoms with Gasteiger partial charge in [-0.15, -0.1) is 0 Å². The fraction of sp³-hybridized carbons (Fsp3) is 0.722. The van der Waals surface area contributed by atoms with Crippen molar-refractivity contribution in [2.24, 2.45) is 5.41 Å². The standard InChI is InChI=1S/C18H28N6O/c1-14-21-17(25-22-14)24-12-18(13-24)6-3-16(11-18)23-9-4-15(5-10-23)20-8-2-7-19/h2,7-8,15-16,19-20H,3-6,9-13H2,1H3/b8-2-,19-7?. The van der Waals surface area contributed by atoms with Crippen LogP contribution < -0.4 is 10.2 Å². The molecule has 3 fully saturated rings. The average Bonchev–Trinajstić information content (AvgIpc) is 3.21. The molecule has 3 heterocycles. The van der Waals surface area contributed by atoms with Crippen molar-refractivity contribution in [3.05, 3.63) is 18.1 Å². The van der Waals surface area contributed by atoms with Gasteiger partial charge in [0, 0.05) is 49.9 Å². The second-order valence-electron chi connectivity index (χ2n) is 7.88. The SMILES string of the molecule is Cc1noc(N2CC3(CCC(N4CCC(N/C=C\C=N)CC4)C3)C2)n1. The molecule has 1 unspecified atom stereocenters. The van der Waals surface area contributed by atoms with Gasteiger partial charge in [-0.25, -0.2) is 0 Å². The molecule has 3 aliphatic rings. The summed E-state index contributed by atoms with van der Waals surface area (Å²) in [6.45, 7) is 6.37. The lowest BCUT2D eigenvalue weighted by molar-refractivity contribution is 0.126. The van der Waals surface area contributed by atoms with Crippen LogP contribution in [-0.4, -0.2) is 59.5 Å². The first-order chi connectivity index (χ1) is 12.2. The van der Waals surface area contributed by atoms with E-state index in [4.69, 9.17) is 9.93 Å². The van der Waals surface area contributed by atoms with Crippen LogP contribution >= 0.6 is 0 Å². The first-order valence-corrected chi connectivity index (χ1v) is 9.38. The summed E-state index contributed by atoms with van der Waals surface area (Å²) < 4.78 is 5.29. The minimum absolute atomic E-state index is 0.467. The van der Waals surface area contributed by atoms with E-state index in [9.17, 15) is 0 Å². The van der Waals surface area contributed by atoms with Crippen LogP contribution in [0.4, 0.5) is 6.01 Å². The van der Waals surface area contributed by atoms with E-state index in [1.165, 1.54) is 51.4 Å². The summed E-state index contributed by atoms with van der Waals surface area (Å²) >= 11 is 0. The summed E-state index contributed by atoms with van der Waals surface area (Å²) in [5.41, 5.74) is 0.467. The molecule has 2 N–H and O–H groups in total. The molecule has 1 atom stereocenters. The minimum atomic E-state index is 0.467. The maximum atomic E-state index is 7.02. The number of hydrogen-bond acceptors (Lipinski definition) is 7. The molecule has 4 rings (SSSR count). The summed E-state index contributed by atoms with van der Waals surface area (Å²) in [5.74, 6) is 0.715. The van der Waals surface area contributed by atoms with Gasteiger partial charge in [0.2, 0.25) is 0 Å². The third-order valence-corrected chi connectivity index (χ3v) is 6.09. The number of rotatable bonds is 5. The van der Waals surface area contributed by atoms with Crippen LogP contribution in [0.25, 0.3) is 0 Å². The lowest BCUT2D eigenvalue weighted by Crippen LogP contribution is -2.56. The molecule has 7 heteroatoms. The lowest BCUT2D eigenvalue weighted by atomic mass is 9.78. The summed E-state index contributed by atoms with van der Waals surface area (Å²) in [4.78, 5) is 9.28. The van der Waals surface area contributed by atoms with Crippen molar-refractivity contribution in [2.45, 2.75) is 51.1 Å². The van der Waals surface area contributed by atoms with Crippen molar-refractivity contribution in [3.63, 3.8) is 0 Å². The first kappa shape index (κ1) is 16.6. The van der Waals surface area contributed by atoms with E-state index >= 15 is 0 Å². The number of hydrogen-bond donors (Lipinski definition) is 2. The summed E-state index contributed by atoms with van der Waals surface area (Å²) in [5, 5.41) is 14.3. The second-order valence-corrected chi connectivity index (χ2v) is 7.88. The van der Waals surface area contributed by atoms with E-state index < -0.39 is 0 Å². The Morgan fingerprint density at radius 3 is 2.76 bits per heavy atom. The highest BCUT2D eigenvalue weighted by Gasteiger charge is 2.50. The predicted molar refractivity (Wildman–Crippen MR) is 97.0 cm³/mol.